The average molecular weight is 343 g/mol. The summed E-state index contributed by atoms with van der Waals surface area (Å²) in [5.74, 6) is -0.204. The number of hydrogen-bond donors (Lipinski definition) is 1. The molecule has 0 atom stereocenters. The van der Waals surface area contributed by atoms with Crippen LogP contribution in [0, 0.1) is 0 Å². The van der Waals surface area contributed by atoms with Crippen LogP contribution in [0.25, 0.3) is 6.08 Å². The van der Waals surface area contributed by atoms with E-state index in [0.717, 1.165) is 5.56 Å². The van der Waals surface area contributed by atoms with Crippen LogP contribution in [0.2, 0.25) is 0 Å². The molecule has 0 unspecified atom stereocenters. The first kappa shape index (κ1) is 16.2. The molecule has 2 aromatic rings. The van der Waals surface area contributed by atoms with Gasteiger partial charge in [-0.25, -0.2) is 8.42 Å². The molecule has 124 valence electrons. The number of aromatic nitrogens is 1. The van der Waals surface area contributed by atoms with Gasteiger partial charge in [-0.15, -0.1) is 0 Å². The Balaban J connectivity index is 1.55. The Morgan fingerprint density at radius 3 is 2.58 bits per heavy atom. The Labute approximate surface area is 140 Å². The molecule has 1 aliphatic rings. The number of nitrogens with zero attached hydrogens (tertiary/aromatic N) is 2. The maximum absolute atomic E-state index is 12.3. The highest BCUT2D eigenvalue weighted by molar-refractivity contribution is 7.93. The number of rotatable bonds is 5. The van der Waals surface area contributed by atoms with Gasteiger partial charge in [0.25, 0.3) is 0 Å². The van der Waals surface area contributed by atoms with Crippen molar-refractivity contribution in [3.05, 3.63) is 66.5 Å². The first-order chi connectivity index (χ1) is 11.5. The first-order valence-corrected chi connectivity index (χ1v) is 9.03. The SMILES string of the molecule is O=C(/C=C/c1cccnc1)N1CC(S(=O)(=O)Nc2ccccc2)C1. The third kappa shape index (κ3) is 3.80. The highest BCUT2D eigenvalue weighted by Crippen LogP contribution is 2.20. The molecule has 0 bridgehead atoms. The van der Waals surface area contributed by atoms with E-state index in [1.165, 1.54) is 11.0 Å². The van der Waals surface area contributed by atoms with Gasteiger partial charge in [0.15, 0.2) is 0 Å². The second-order valence-corrected chi connectivity index (χ2v) is 7.46. The molecular weight excluding hydrogens is 326 g/mol. The summed E-state index contributed by atoms with van der Waals surface area (Å²) in [6, 6.07) is 12.3. The van der Waals surface area contributed by atoms with E-state index in [4.69, 9.17) is 0 Å². The van der Waals surface area contributed by atoms with Crippen LogP contribution in [0.5, 0.6) is 0 Å². The molecule has 0 spiro atoms. The average Bonchev–Trinajstić information content (AvgIpc) is 2.52. The van der Waals surface area contributed by atoms with Crippen LogP contribution >= 0.6 is 0 Å². The maximum Gasteiger partial charge on any atom is 0.246 e. The molecule has 7 heteroatoms. The van der Waals surface area contributed by atoms with E-state index < -0.39 is 15.3 Å². The minimum atomic E-state index is -3.49. The Hall–Kier alpha value is -2.67. The second kappa shape index (κ2) is 6.84. The van der Waals surface area contributed by atoms with Gasteiger partial charge in [-0.05, 0) is 29.8 Å². The summed E-state index contributed by atoms with van der Waals surface area (Å²) < 4.78 is 27.1. The Kier molecular flexibility index (Phi) is 4.61. The van der Waals surface area contributed by atoms with Crippen molar-refractivity contribution in [1.82, 2.24) is 9.88 Å². The fourth-order valence-electron chi connectivity index (χ4n) is 2.32. The summed E-state index contributed by atoms with van der Waals surface area (Å²) in [6.45, 7) is 0.386. The van der Waals surface area contributed by atoms with Crippen molar-refractivity contribution in [1.29, 1.82) is 0 Å². The molecular formula is C17H17N3O3S. The number of carbonyl (C=O) groups excluding carboxylic acids is 1. The molecule has 0 radical (unpaired) electrons. The van der Waals surface area contributed by atoms with Gasteiger partial charge >= 0.3 is 0 Å². The number of benzene rings is 1. The quantitative estimate of drug-likeness (QED) is 0.839. The van der Waals surface area contributed by atoms with Crippen LogP contribution < -0.4 is 4.72 Å². The standard InChI is InChI=1S/C17H17N3O3S/c21-17(9-8-14-5-4-10-18-11-14)20-12-16(13-20)24(22,23)19-15-6-2-1-3-7-15/h1-11,16,19H,12-13H2/b9-8+. The van der Waals surface area contributed by atoms with Gasteiger partial charge in [-0.1, -0.05) is 24.3 Å². The molecule has 1 aromatic carbocycles. The minimum Gasteiger partial charge on any atom is -0.336 e. The van der Waals surface area contributed by atoms with Crippen molar-refractivity contribution < 1.29 is 13.2 Å². The summed E-state index contributed by atoms with van der Waals surface area (Å²) >= 11 is 0. The number of sulfonamides is 1. The minimum absolute atomic E-state index is 0.193. The van der Waals surface area contributed by atoms with E-state index >= 15 is 0 Å². The molecule has 0 saturated carbocycles. The Bertz CT molecular complexity index is 830. The van der Waals surface area contributed by atoms with Crippen molar-refractivity contribution in [3.8, 4) is 0 Å². The molecule has 1 aromatic heterocycles. The lowest BCUT2D eigenvalue weighted by molar-refractivity contribution is -0.128. The summed E-state index contributed by atoms with van der Waals surface area (Å²) in [5, 5.41) is -0.589. The maximum atomic E-state index is 12.3. The number of amides is 1. The fraction of sp³-hybridized carbons (Fsp3) is 0.176. The smallest absolute Gasteiger partial charge is 0.246 e. The molecule has 1 saturated heterocycles. The predicted molar refractivity (Wildman–Crippen MR) is 92.6 cm³/mol. The van der Waals surface area contributed by atoms with Gasteiger partial charge in [-0.3, -0.25) is 14.5 Å². The van der Waals surface area contributed by atoms with Crippen molar-refractivity contribution >= 4 is 27.7 Å². The number of nitrogens with one attached hydrogen (secondary N) is 1. The van der Waals surface area contributed by atoms with Crippen molar-refractivity contribution in [2.45, 2.75) is 5.25 Å². The number of para-hydroxylation sites is 1. The largest absolute Gasteiger partial charge is 0.336 e. The van der Waals surface area contributed by atoms with Gasteiger partial charge in [-0.2, -0.15) is 0 Å². The van der Waals surface area contributed by atoms with Gasteiger partial charge in [0, 0.05) is 37.2 Å². The Morgan fingerprint density at radius 2 is 1.92 bits per heavy atom. The number of carbonyl (C=O) groups is 1. The van der Waals surface area contributed by atoms with E-state index in [-0.39, 0.29) is 19.0 Å². The van der Waals surface area contributed by atoms with Crippen LogP contribution in [-0.2, 0) is 14.8 Å². The molecule has 1 fully saturated rings. The van der Waals surface area contributed by atoms with Crippen LogP contribution in [0.15, 0.2) is 60.9 Å². The van der Waals surface area contributed by atoms with Gasteiger partial charge < -0.3 is 4.90 Å². The third-order valence-corrected chi connectivity index (χ3v) is 5.43. The molecule has 3 rings (SSSR count). The summed E-state index contributed by atoms with van der Waals surface area (Å²) in [4.78, 5) is 17.5. The lowest BCUT2D eigenvalue weighted by atomic mass is 10.2. The number of likely N-dealkylation sites (tertiary alicyclic amines) is 1. The number of anilines is 1. The van der Waals surface area contributed by atoms with E-state index in [9.17, 15) is 13.2 Å². The molecule has 2 heterocycles. The summed E-state index contributed by atoms with van der Waals surface area (Å²) in [5.41, 5.74) is 1.35. The topological polar surface area (TPSA) is 79.4 Å². The van der Waals surface area contributed by atoms with Crippen molar-refractivity contribution in [3.63, 3.8) is 0 Å². The van der Waals surface area contributed by atoms with Crippen molar-refractivity contribution in [2.24, 2.45) is 0 Å². The second-order valence-electron chi connectivity index (χ2n) is 5.50. The molecule has 6 nitrogen and oxygen atoms in total. The van der Waals surface area contributed by atoms with E-state index in [2.05, 4.69) is 9.71 Å². The molecule has 1 amide bonds. The molecule has 1 N–H and O–H groups in total. The fourth-order valence-corrected chi connectivity index (χ4v) is 3.70. The Morgan fingerprint density at radius 1 is 1.17 bits per heavy atom. The van der Waals surface area contributed by atoms with E-state index in [0.29, 0.717) is 5.69 Å². The molecule has 0 aliphatic carbocycles. The zero-order valence-electron chi connectivity index (χ0n) is 12.9. The predicted octanol–water partition coefficient (Wildman–Crippen LogP) is 1.75. The lowest BCUT2D eigenvalue weighted by Crippen LogP contribution is -2.57. The highest BCUT2D eigenvalue weighted by Gasteiger charge is 2.39. The zero-order valence-corrected chi connectivity index (χ0v) is 13.7. The number of hydrogen-bond acceptors (Lipinski definition) is 4. The van der Waals surface area contributed by atoms with Gasteiger partial charge in [0.2, 0.25) is 15.9 Å². The van der Waals surface area contributed by atoms with Crippen LogP contribution in [-0.4, -0.2) is 42.5 Å². The molecule has 24 heavy (non-hydrogen) atoms. The highest BCUT2D eigenvalue weighted by atomic mass is 32.2. The zero-order chi connectivity index (χ0) is 17.0. The van der Waals surface area contributed by atoms with E-state index in [1.807, 2.05) is 12.1 Å². The van der Waals surface area contributed by atoms with Crippen molar-refractivity contribution in [2.75, 3.05) is 17.8 Å². The number of pyridine rings is 1. The summed E-state index contributed by atoms with van der Waals surface area (Å²) in [6.07, 6.45) is 6.41. The normalized spacial score (nSPS) is 15.2. The monoisotopic (exact) mass is 343 g/mol. The van der Waals surface area contributed by atoms with Crippen LogP contribution in [0.4, 0.5) is 5.69 Å². The molecule has 1 aliphatic heterocycles. The van der Waals surface area contributed by atoms with Crippen LogP contribution in [0.3, 0.4) is 0 Å². The van der Waals surface area contributed by atoms with Crippen LogP contribution in [0.1, 0.15) is 5.56 Å². The van der Waals surface area contributed by atoms with Gasteiger partial charge in [0.1, 0.15) is 5.25 Å². The van der Waals surface area contributed by atoms with Gasteiger partial charge in [0.05, 0.1) is 0 Å². The lowest BCUT2D eigenvalue weighted by Gasteiger charge is -2.37. The van der Waals surface area contributed by atoms with E-state index in [1.54, 1.807) is 48.8 Å². The summed E-state index contributed by atoms with van der Waals surface area (Å²) in [7, 11) is -3.49. The first-order valence-electron chi connectivity index (χ1n) is 7.48. The third-order valence-electron chi connectivity index (χ3n) is 3.74.